The van der Waals surface area contributed by atoms with Crippen LogP contribution in [0.2, 0.25) is 10.0 Å². The van der Waals surface area contributed by atoms with E-state index >= 15 is 0 Å². The summed E-state index contributed by atoms with van der Waals surface area (Å²) in [5, 5.41) is 1.18. The van der Waals surface area contributed by atoms with E-state index in [1.165, 1.54) is 0 Å². The van der Waals surface area contributed by atoms with Crippen molar-refractivity contribution in [2.75, 3.05) is 13.6 Å². The maximum Gasteiger partial charge on any atom is 0.0595 e. The van der Waals surface area contributed by atoms with E-state index in [0.29, 0.717) is 10.0 Å². The van der Waals surface area contributed by atoms with Gasteiger partial charge in [0.15, 0.2) is 0 Å². The number of benzene rings is 1. The van der Waals surface area contributed by atoms with Gasteiger partial charge in [-0.15, -0.1) is 12.4 Å². The predicted octanol–water partition coefficient (Wildman–Crippen LogP) is 4.15. The Bertz CT molecular complexity index is 388. The molecule has 0 spiro atoms. The second kappa shape index (κ2) is 6.97. The van der Waals surface area contributed by atoms with Crippen molar-refractivity contribution in [2.24, 2.45) is 5.73 Å². The van der Waals surface area contributed by atoms with Crippen LogP contribution in [0, 0.1) is 0 Å². The van der Waals surface area contributed by atoms with Crippen LogP contribution in [0.4, 0.5) is 0 Å². The van der Waals surface area contributed by atoms with E-state index < -0.39 is 0 Å². The molecule has 18 heavy (non-hydrogen) atoms. The maximum absolute atomic E-state index is 6.02. The summed E-state index contributed by atoms with van der Waals surface area (Å²) in [7, 11) is 2.06. The first-order chi connectivity index (χ1) is 7.70. The highest BCUT2D eigenvalue weighted by atomic mass is 35.5. The normalized spacial score (nSPS) is 13.3. The van der Waals surface area contributed by atoms with Gasteiger partial charge in [0.05, 0.1) is 10.0 Å². The highest BCUT2D eigenvalue weighted by molar-refractivity contribution is 6.42. The van der Waals surface area contributed by atoms with Gasteiger partial charge in [0.25, 0.3) is 0 Å². The third kappa shape index (κ3) is 5.33. The number of nitrogens with two attached hydrogens (primary N) is 1. The summed E-state index contributed by atoms with van der Waals surface area (Å²) >= 11 is 11.9. The molecule has 0 aliphatic heterocycles. The molecule has 1 aromatic rings. The molecule has 0 aromatic heterocycles. The fourth-order valence-electron chi connectivity index (χ4n) is 1.81. The summed E-state index contributed by atoms with van der Waals surface area (Å²) in [4.78, 5) is 2.21. The van der Waals surface area contributed by atoms with Crippen molar-refractivity contribution in [2.45, 2.75) is 32.4 Å². The Morgan fingerprint density at radius 1 is 1.28 bits per heavy atom. The zero-order valence-electron chi connectivity index (χ0n) is 11.2. The fraction of sp³-hybridized carbons (Fsp3) is 0.538. The zero-order chi connectivity index (χ0) is 13.2. The van der Waals surface area contributed by atoms with Crippen LogP contribution in [0.1, 0.15) is 32.4 Å². The molecule has 0 saturated carbocycles. The molecule has 0 amide bonds. The van der Waals surface area contributed by atoms with Crippen LogP contribution in [0.25, 0.3) is 0 Å². The zero-order valence-corrected chi connectivity index (χ0v) is 13.5. The van der Waals surface area contributed by atoms with Crippen molar-refractivity contribution >= 4 is 35.6 Å². The topological polar surface area (TPSA) is 29.3 Å². The van der Waals surface area contributed by atoms with E-state index in [2.05, 4.69) is 18.9 Å². The molecule has 0 aliphatic rings. The summed E-state index contributed by atoms with van der Waals surface area (Å²) in [5.41, 5.74) is 6.95. The molecule has 0 bridgehead atoms. The Morgan fingerprint density at radius 3 is 2.28 bits per heavy atom. The van der Waals surface area contributed by atoms with E-state index in [4.69, 9.17) is 28.9 Å². The van der Waals surface area contributed by atoms with Gasteiger partial charge in [0.1, 0.15) is 0 Å². The molecule has 1 atom stereocenters. The van der Waals surface area contributed by atoms with E-state index in [1.807, 2.05) is 32.0 Å². The van der Waals surface area contributed by atoms with Gasteiger partial charge < -0.3 is 5.73 Å². The van der Waals surface area contributed by atoms with Gasteiger partial charge in [-0.3, -0.25) is 4.90 Å². The molecule has 2 nitrogen and oxygen atoms in total. The minimum Gasteiger partial charge on any atom is -0.324 e. The lowest BCUT2D eigenvalue weighted by Gasteiger charge is -2.31. The van der Waals surface area contributed by atoms with Gasteiger partial charge in [-0.2, -0.15) is 0 Å². The minimum atomic E-state index is -0.209. The van der Waals surface area contributed by atoms with Gasteiger partial charge >= 0.3 is 0 Å². The average molecular weight is 312 g/mol. The monoisotopic (exact) mass is 310 g/mol. The molecule has 0 fully saturated rings. The predicted molar refractivity (Wildman–Crippen MR) is 83.0 cm³/mol. The Morgan fingerprint density at radius 2 is 1.83 bits per heavy atom. The summed E-state index contributed by atoms with van der Waals surface area (Å²) in [6.07, 6.45) is 0. The third-order valence-corrected chi connectivity index (χ3v) is 3.48. The van der Waals surface area contributed by atoms with E-state index in [9.17, 15) is 0 Å². The molecule has 1 rings (SSSR count). The lowest BCUT2D eigenvalue weighted by atomic mass is 10.0. The van der Waals surface area contributed by atoms with Crippen molar-refractivity contribution in [3.05, 3.63) is 33.8 Å². The maximum atomic E-state index is 6.02. The van der Waals surface area contributed by atoms with Crippen molar-refractivity contribution in [1.29, 1.82) is 0 Å². The Hall–Kier alpha value is 0.01000. The molecule has 1 aromatic carbocycles. The number of likely N-dealkylation sites (N-methyl/N-ethyl adjacent to an activating group) is 1. The van der Waals surface area contributed by atoms with Crippen LogP contribution >= 0.6 is 35.6 Å². The van der Waals surface area contributed by atoms with Crippen molar-refractivity contribution in [3.8, 4) is 0 Å². The SMILES string of the molecule is CC(c1ccc(Cl)c(Cl)c1)N(C)CC(C)(C)N.Cl. The Labute approximate surface area is 126 Å². The Kier molecular flexibility index (Phi) is 6.97. The van der Waals surface area contributed by atoms with Gasteiger partial charge in [-0.25, -0.2) is 0 Å². The molecular formula is C13H21Cl3N2. The first-order valence-corrected chi connectivity index (χ1v) is 6.40. The number of rotatable bonds is 4. The van der Waals surface area contributed by atoms with Crippen molar-refractivity contribution in [1.82, 2.24) is 4.90 Å². The van der Waals surface area contributed by atoms with Gasteiger partial charge in [0.2, 0.25) is 0 Å². The quantitative estimate of drug-likeness (QED) is 0.905. The number of hydrogen-bond acceptors (Lipinski definition) is 2. The molecule has 0 saturated heterocycles. The molecular weight excluding hydrogens is 291 g/mol. The number of halogens is 3. The molecule has 104 valence electrons. The molecule has 0 aliphatic carbocycles. The lowest BCUT2D eigenvalue weighted by Crippen LogP contribution is -2.44. The van der Waals surface area contributed by atoms with Gasteiger partial charge in [-0.05, 0) is 45.5 Å². The second-order valence-electron chi connectivity index (χ2n) is 5.25. The molecule has 5 heteroatoms. The highest BCUT2D eigenvalue weighted by Crippen LogP contribution is 2.27. The first kappa shape index (κ1) is 18.0. The lowest BCUT2D eigenvalue weighted by molar-refractivity contribution is 0.215. The van der Waals surface area contributed by atoms with Crippen LogP contribution in [-0.2, 0) is 0 Å². The number of nitrogens with zero attached hydrogens (tertiary/aromatic N) is 1. The highest BCUT2D eigenvalue weighted by Gasteiger charge is 2.19. The van der Waals surface area contributed by atoms with E-state index in [1.54, 1.807) is 0 Å². The molecule has 2 N–H and O–H groups in total. The summed E-state index contributed by atoms with van der Waals surface area (Å²) in [6.45, 7) is 6.98. The van der Waals surface area contributed by atoms with Crippen LogP contribution < -0.4 is 5.73 Å². The van der Waals surface area contributed by atoms with Crippen LogP contribution in [-0.4, -0.2) is 24.0 Å². The van der Waals surface area contributed by atoms with Crippen LogP contribution in [0.3, 0.4) is 0 Å². The first-order valence-electron chi connectivity index (χ1n) is 5.65. The molecule has 0 heterocycles. The van der Waals surface area contributed by atoms with Gasteiger partial charge in [-0.1, -0.05) is 29.3 Å². The smallest absolute Gasteiger partial charge is 0.0595 e. The van der Waals surface area contributed by atoms with E-state index in [-0.39, 0.29) is 24.0 Å². The summed E-state index contributed by atoms with van der Waals surface area (Å²) < 4.78 is 0. The minimum absolute atomic E-state index is 0. The standard InChI is InChI=1S/C13H20Cl2N2.ClH/c1-9(17(4)8-13(2,3)16)10-5-6-11(14)12(15)7-10;/h5-7,9H,8,16H2,1-4H3;1H. The summed E-state index contributed by atoms with van der Waals surface area (Å²) in [6, 6.07) is 6.00. The van der Waals surface area contributed by atoms with E-state index in [0.717, 1.165) is 12.1 Å². The van der Waals surface area contributed by atoms with Gasteiger partial charge in [0, 0.05) is 18.1 Å². The van der Waals surface area contributed by atoms with Crippen molar-refractivity contribution in [3.63, 3.8) is 0 Å². The van der Waals surface area contributed by atoms with Crippen molar-refractivity contribution < 1.29 is 0 Å². The molecule has 1 unspecified atom stereocenters. The van der Waals surface area contributed by atoms with Crippen LogP contribution in [0.5, 0.6) is 0 Å². The Balaban J connectivity index is 0.00000289. The fourth-order valence-corrected chi connectivity index (χ4v) is 2.11. The average Bonchev–Trinajstić information content (AvgIpc) is 2.18. The number of hydrogen-bond donors (Lipinski definition) is 1. The largest absolute Gasteiger partial charge is 0.324 e. The second-order valence-corrected chi connectivity index (χ2v) is 6.07. The molecule has 0 radical (unpaired) electrons. The third-order valence-electron chi connectivity index (χ3n) is 2.74. The van der Waals surface area contributed by atoms with Crippen LogP contribution in [0.15, 0.2) is 18.2 Å². The summed E-state index contributed by atoms with van der Waals surface area (Å²) in [5.74, 6) is 0.